The Morgan fingerprint density at radius 3 is 2.86 bits per heavy atom. The highest BCUT2D eigenvalue weighted by Crippen LogP contribution is 2.39. The lowest BCUT2D eigenvalue weighted by Gasteiger charge is -2.26. The first-order chi connectivity index (χ1) is 14.2. The molecule has 4 rings (SSSR count). The lowest BCUT2D eigenvalue weighted by Crippen LogP contribution is -2.30. The van der Waals surface area contributed by atoms with Gasteiger partial charge in [-0.1, -0.05) is 18.2 Å². The molecule has 1 atom stereocenters. The van der Waals surface area contributed by atoms with Gasteiger partial charge in [0.15, 0.2) is 0 Å². The van der Waals surface area contributed by atoms with Crippen LogP contribution in [0.3, 0.4) is 0 Å². The molecule has 5 heteroatoms. The van der Waals surface area contributed by atoms with Crippen LogP contribution in [-0.2, 0) is 11.2 Å². The molecule has 0 radical (unpaired) electrons. The molecular formula is C24H28N2O3. The standard InChI is InChI=1S/C24H28N2O3/c1-28-18-12-13-20(23(15-18)29-2)22-10-6-14-26(22)24(27)11-5-7-17-16-25-21-9-4-3-8-19(17)21/h3-4,8-9,12-13,15-16,22,25H,5-7,10-11,14H2,1-2H3. The van der Waals surface area contributed by atoms with E-state index in [0.717, 1.165) is 54.8 Å². The van der Waals surface area contributed by atoms with E-state index in [1.165, 1.54) is 10.9 Å². The highest BCUT2D eigenvalue weighted by atomic mass is 16.5. The number of benzene rings is 2. The van der Waals surface area contributed by atoms with E-state index in [2.05, 4.69) is 29.4 Å². The molecule has 1 aromatic heterocycles. The highest BCUT2D eigenvalue weighted by molar-refractivity contribution is 5.83. The highest BCUT2D eigenvalue weighted by Gasteiger charge is 2.31. The number of rotatable bonds is 7. The predicted molar refractivity (Wildman–Crippen MR) is 114 cm³/mol. The molecule has 0 aliphatic carbocycles. The van der Waals surface area contributed by atoms with Crippen molar-refractivity contribution in [2.45, 2.75) is 38.1 Å². The van der Waals surface area contributed by atoms with Gasteiger partial charge in [0.1, 0.15) is 11.5 Å². The Morgan fingerprint density at radius 2 is 2.03 bits per heavy atom. The first-order valence-electron chi connectivity index (χ1n) is 10.3. The van der Waals surface area contributed by atoms with E-state index in [9.17, 15) is 4.79 Å². The molecule has 1 fully saturated rings. The van der Waals surface area contributed by atoms with Crippen LogP contribution in [0.4, 0.5) is 0 Å². The van der Waals surface area contributed by atoms with Crippen molar-refractivity contribution < 1.29 is 14.3 Å². The predicted octanol–water partition coefficient (Wildman–Crippen LogP) is 4.87. The number of amides is 1. The third kappa shape index (κ3) is 3.95. The molecule has 2 heterocycles. The van der Waals surface area contributed by atoms with E-state index < -0.39 is 0 Å². The molecule has 2 aromatic carbocycles. The number of nitrogens with one attached hydrogen (secondary N) is 1. The second-order valence-corrected chi connectivity index (χ2v) is 7.57. The molecule has 3 aromatic rings. The van der Waals surface area contributed by atoms with Gasteiger partial charge in [-0.05, 0) is 49.4 Å². The summed E-state index contributed by atoms with van der Waals surface area (Å²) in [6.07, 6.45) is 6.37. The zero-order chi connectivity index (χ0) is 20.2. The number of ether oxygens (including phenoxy) is 2. The molecule has 1 aliphatic rings. The van der Waals surface area contributed by atoms with Crippen LogP contribution in [0.5, 0.6) is 11.5 Å². The summed E-state index contributed by atoms with van der Waals surface area (Å²) < 4.78 is 10.9. The molecule has 1 unspecified atom stereocenters. The van der Waals surface area contributed by atoms with Gasteiger partial charge in [0.05, 0.1) is 20.3 Å². The van der Waals surface area contributed by atoms with Crippen molar-refractivity contribution >= 4 is 16.8 Å². The van der Waals surface area contributed by atoms with Crippen LogP contribution in [0, 0.1) is 0 Å². The van der Waals surface area contributed by atoms with Crippen LogP contribution in [0.15, 0.2) is 48.7 Å². The van der Waals surface area contributed by atoms with Gasteiger partial charge in [-0.15, -0.1) is 0 Å². The van der Waals surface area contributed by atoms with Crippen LogP contribution in [0.2, 0.25) is 0 Å². The largest absolute Gasteiger partial charge is 0.497 e. The van der Waals surface area contributed by atoms with E-state index in [1.54, 1.807) is 14.2 Å². The molecule has 1 aliphatic heterocycles. The molecule has 29 heavy (non-hydrogen) atoms. The van der Waals surface area contributed by atoms with Crippen molar-refractivity contribution in [3.05, 3.63) is 59.8 Å². The number of methoxy groups -OCH3 is 2. The number of carbonyl (C=O) groups is 1. The van der Waals surface area contributed by atoms with Gasteiger partial charge in [-0.2, -0.15) is 0 Å². The average Bonchev–Trinajstić information content (AvgIpc) is 3.41. The summed E-state index contributed by atoms with van der Waals surface area (Å²) in [5.74, 6) is 1.78. The molecule has 1 N–H and O–H groups in total. The SMILES string of the molecule is COc1ccc(C2CCCN2C(=O)CCCc2c[nH]c3ccccc23)c(OC)c1. The smallest absolute Gasteiger partial charge is 0.223 e. The maximum atomic E-state index is 13.0. The third-order valence-electron chi connectivity index (χ3n) is 5.88. The Balaban J connectivity index is 1.41. The van der Waals surface area contributed by atoms with Crippen LogP contribution in [0.1, 0.15) is 42.9 Å². The average molecular weight is 392 g/mol. The summed E-state index contributed by atoms with van der Waals surface area (Å²) in [4.78, 5) is 18.3. The van der Waals surface area contributed by atoms with Crippen molar-refractivity contribution in [1.29, 1.82) is 0 Å². The van der Waals surface area contributed by atoms with Gasteiger partial charge in [0, 0.05) is 41.7 Å². The number of carbonyl (C=O) groups excluding carboxylic acids is 1. The number of fused-ring (bicyclic) bond motifs is 1. The summed E-state index contributed by atoms with van der Waals surface area (Å²) in [5.41, 5.74) is 3.50. The first kappa shape index (κ1) is 19.4. The van der Waals surface area contributed by atoms with E-state index in [1.807, 2.05) is 29.2 Å². The summed E-state index contributed by atoms with van der Waals surface area (Å²) >= 11 is 0. The second kappa shape index (κ2) is 8.60. The van der Waals surface area contributed by atoms with Gasteiger partial charge in [0.25, 0.3) is 0 Å². The van der Waals surface area contributed by atoms with Gasteiger partial charge < -0.3 is 19.4 Å². The van der Waals surface area contributed by atoms with Crippen LogP contribution >= 0.6 is 0 Å². The molecule has 5 nitrogen and oxygen atoms in total. The van der Waals surface area contributed by atoms with E-state index in [4.69, 9.17) is 9.47 Å². The van der Waals surface area contributed by atoms with Crippen LogP contribution in [-0.4, -0.2) is 36.6 Å². The van der Waals surface area contributed by atoms with Gasteiger partial charge in [-0.3, -0.25) is 4.79 Å². The van der Waals surface area contributed by atoms with Gasteiger partial charge in [0.2, 0.25) is 5.91 Å². The van der Waals surface area contributed by atoms with Crippen molar-refractivity contribution in [2.75, 3.05) is 20.8 Å². The van der Waals surface area contributed by atoms with E-state index in [0.29, 0.717) is 6.42 Å². The summed E-state index contributed by atoms with van der Waals surface area (Å²) in [7, 11) is 3.31. The molecule has 152 valence electrons. The number of nitrogens with zero attached hydrogens (tertiary/aromatic N) is 1. The molecule has 0 bridgehead atoms. The Morgan fingerprint density at radius 1 is 1.17 bits per heavy atom. The monoisotopic (exact) mass is 392 g/mol. The van der Waals surface area contributed by atoms with Crippen LogP contribution < -0.4 is 9.47 Å². The summed E-state index contributed by atoms with van der Waals surface area (Å²) in [6.45, 7) is 0.811. The zero-order valence-corrected chi connectivity index (χ0v) is 17.1. The quantitative estimate of drug-likeness (QED) is 0.624. The topological polar surface area (TPSA) is 54.6 Å². The number of aromatic nitrogens is 1. The fraction of sp³-hybridized carbons (Fsp3) is 0.375. The second-order valence-electron chi connectivity index (χ2n) is 7.57. The minimum atomic E-state index is 0.0800. The molecular weight excluding hydrogens is 364 g/mol. The summed E-state index contributed by atoms with van der Waals surface area (Å²) in [5, 5.41) is 1.25. The normalized spacial score (nSPS) is 16.3. The Bertz CT molecular complexity index is 995. The van der Waals surface area contributed by atoms with Crippen LogP contribution in [0.25, 0.3) is 10.9 Å². The number of aromatic amines is 1. The Kier molecular flexibility index (Phi) is 5.74. The lowest BCUT2D eigenvalue weighted by molar-refractivity contribution is -0.132. The minimum absolute atomic E-state index is 0.0800. The van der Waals surface area contributed by atoms with E-state index in [-0.39, 0.29) is 11.9 Å². The number of aryl methyl sites for hydroxylation is 1. The van der Waals surface area contributed by atoms with Gasteiger partial charge in [-0.25, -0.2) is 0 Å². The first-order valence-corrected chi connectivity index (χ1v) is 10.3. The maximum absolute atomic E-state index is 13.0. The minimum Gasteiger partial charge on any atom is -0.497 e. The third-order valence-corrected chi connectivity index (χ3v) is 5.88. The molecule has 1 amide bonds. The Hall–Kier alpha value is -2.95. The Labute approximate surface area is 171 Å². The van der Waals surface area contributed by atoms with E-state index >= 15 is 0 Å². The summed E-state index contributed by atoms with van der Waals surface area (Å²) in [6, 6.07) is 14.3. The zero-order valence-electron chi connectivity index (χ0n) is 17.1. The number of hydrogen-bond donors (Lipinski definition) is 1. The molecule has 0 saturated carbocycles. The van der Waals surface area contributed by atoms with Crippen molar-refractivity contribution in [3.8, 4) is 11.5 Å². The number of likely N-dealkylation sites (tertiary alicyclic amines) is 1. The van der Waals surface area contributed by atoms with Gasteiger partial charge >= 0.3 is 0 Å². The lowest BCUT2D eigenvalue weighted by atomic mass is 10.0. The maximum Gasteiger partial charge on any atom is 0.223 e. The van der Waals surface area contributed by atoms with Crippen molar-refractivity contribution in [3.63, 3.8) is 0 Å². The number of H-pyrrole nitrogens is 1. The van der Waals surface area contributed by atoms with Crippen molar-refractivity contribution in [1.82, 2.24) is 9.88 Å². The molecule has 0 spiro atoms. The van der Waals surface area contributed by atoms with Crippen molar-refractivity contribution in [2.24, 2.45) is 0 Å². The fourth-order valence-corrected chi connectivity index (χ4v) is 4.39. The molecule has 1 saturated heterocycles. The number of para-hydroxylation sites is 1. The fourth-order valence-electron chi connectivity index (χ4n) is 4.39. The number of hydrogen-bond acceptors (Lipinski definition) is 3.